The third-order valence-electron chi connectivity index (χ3n) is 4.11. The molecular weight excluding hydrogens is 332 g/mol. The number of rotatable bonds is 4. The van der Waals surface area contributed by atoms with Crippen LogP contribution in [0.2, 0.25) is 0 Å². The lowest BCUT2D eigenvalue weighted by Crippen LogP contribution is -1.92. The van der Waals surface area contributed by atoms with Gasteiger partial charge in [0.2, 0.25) is 0 Å². The summed E-state index contributed by atoms with van der Waals surface area (Å²) in [5, 5.41) is 6.25. The number of hydrogen-bond donors (Lipinski definition) is 1. The van der Waals surface area contributed by atoms with E-state index in [1.165, 1.54) is 0 Å². The highest BCUT2D eigenvalue weighted by Crippen LogP contribution is 2.30. The van der Waals surface area contributed by atoms with Gasteiger partial charge in [0.25, 0.3) is 0 Å². The van der Waals surface area contributed by atoms with Crippen LogP contribution in [0.25, 0.3) is 17.0 Å². The predicted molar refractivity (Wildman–Crippen MR) is 102 cm³/mol. The zero-order chi connectivity index (χ0) is 17.4. The summed E-state index contributed by atoms with van der Waals surface area (Å²) in [5.41, 5.74) is 6.06. The molecule has 0 aliphatic carbocycles. The van der Waals surface area contributed by atoms with Crippen molar-refractivity contribution in [1.82, 2.24) is 14.4 Å². The minimum atomic E-state index is 0.835. The summed E-state index contributed by atoms with van der Waals surface area (Å²) in [6.45, 7) is 4.10. The Kier molecular flexibility index (Phi) is 3.89. The zero-order valence-electron chi connectivity index (χ0n) is 14.3. The van der Waals surface area contributed by atoms with Crippen molar-refractivity contribution < 1.29 is 4.74 Å². The van der Waals surface area contributed by atoms with Gasteiger partial charge in [-0.3, -0.25) is 4.40 Å². The monoisotopic (exact) mass is 350 g/mol. The number of imidazole rings is 1. The Labute approximate surface area is 150 Å². The van der Waals surface area contributed by atoms with Gasteiger partial charge in [0.05, 0.1) is 18.5 Å². The summed E-state index contributed by atoms with van der Waals surface area (Å²) in [6, 6.07) is 11.9. The second-order valence-electron chi connectivity index (χ2n) is 5.82. The molecule has 0 spiro atoms. The molecule has 3 heterocycles. The number of pyridine rings is 1. The van der Waals surface area contributed by atoms with Crippen LogP contribution >= 0.6 is 11.3 Å². The molecule has 126 valence electrons. The Morgan fingerprint density at radius 3 is 2.64 bits per heavy atom. The van der Waals surface area contributed by atoms with Crippen LogP contribution in [0.15, 0.2) is 48.0 Å². The maximum Gasteiger partial charge on any atom is 0.187 e. The number of methoxy groups -OCH3 is 1. The number of ether oxygens (including phenoxy) is 1. The fourth-order valence-electron chi connectivity index (χ4n) is 2.86. The van der Waals surface area contributed by atoms with Crippen molar-refractivity contribution >= 4 is 27.8 Å². The molecule has 3 aromatic heterocycles. The molecule has 0 radical (unpaired) electrons. The van der Waals surface area contributed by atoms with Crippen molar-refractivity contribution in [1.29, 1.82) is 0 Å². The first-order valence-electron chi connectivity index (χ1n) is 7.97. The minimum Gasteiger partial charge on any atom is -0.497 e. The Bertz CT molecular complexity index is 1030. The zero-order valence-corrected chi connectivity index (χ0v) is 15.1. The highest BCUT2D eigenvalue weighted by Gasteiger charge is 2.15. The molecule has 4 aromatic rings. The average molecular weight is 350 g/mol. The SMILES string of the molecule is COc1ccc(Nc2nc(-c3c(C)nc4c(C)cccn34)cs2)cc1. The van der Waals surface area contributed by atoms with Gasteiger partial charge in [-0.2, -0.15) is 0 Å². The average Bonchev–Trinajstić information content (AvgIpc) is 3.20. The Balaban J connectivity index is 1.67. The van der Waals surface area contributed by atoms with E-state index in [0.717, 1.165) is 44.9 Å². The number of aromatic nitrogens is 3. The van der Waals surface area contributed by atoms with E-state index in [1.807, 2.05) is 43.5 Å². The quantitative estimate of drug-likeness (QED) is 0.573. The number of nitrogens with zero attached hydrogens (tertiary/aromatic N) is 3. The smallest absolute Gasteiger partial charge is 0.187 e. The van der Waals surface area contributed by atoms with E-state index in [9.17, 15) is 0 Å². The van der Waals surface area contributed by atoms with Crippen molar-refractivity contribution in [3.05, 3.63) is 59.2 Å². The second kappa shape index (κ2) is 6.22. The molecule has 0 aliphatic heterocycles. The van der Waals surface area contributed by atoms with Gasteiger partial charge in [0.15, 0.2) is 5.13 Å². The van der Waals surface area contributed by atoms with Gasteiger partial charge in [0.1, 0.15) is 17.1 Å². The molecule has 0 aliphatic rings. The van der Waals surface area contributed by atoms with Crippen molar-refractivity contribution in [2.24, 2.45) is 0 Å². The van der Waals surface area contributed by atoms with Crippen molar-refractivity contribution in [2.75, 3.05) is 12.4 Å². The number of fused-ring (bicyclic) bond motifs is 1. The summed E-state index contributed by atoms with van der Waals surface area (Å²) in [5.74, 6) is 0.835. The van der Waals surface area contributed by atoms with Gasteiger partial charge < -0.3 is 10.1 Å². The van der Waals surface area contributed by atoms with Gasteiger partial charge in [-0.1, -0.05) is 6.07 Å². The third kappa shape index (κ3) is 2.85. The molecule has 1 aromatic carbocycles. The van der Waals surface area contributed by atoms with Gasteiger partial charge in [-0.15, -0.1) is 11.3 Å². The topological polar surface area (TPSA) is 51.5 Å². The molecule has 0 bridgehead atoms. The molecule has 25 heavy (non-hydrogen) atoms. The number of aryl methyl sites for hydroxylation is 2. The standard InChI is InChI=1S/C19H18N4OS/c1-12-5-4-10-23-17(13(2)20-18(12)23)16-11-25-19(22-16)21-14-6-8-15(24-3)9-7-14/h4-11H,1-3H3,(H,21,22). The maximum absolute atomic E-state index is 5.19. The number of nitrogens with one attached hydrogen (secondary N) is 1. The van der Waals surface area contributed by atoms with Gasteiger partial charge in [-0.05, 0) is 49.7 Å². The van der Waals surface area contributed by atoms with Crippen LogP contribution in [0.5, 0.6) is 5.75 Å². The largest absolute Gasteiger partial charge is 0.497 e. The second-order valence-corrected chi connectivity index (χ2v) is 6.68. The number of anilines is 2. The first-order chi connectivity index (χ1) is 12.2. The van der Waals surface area contributed by atoms with Crippen molar-refractivity contribution in [3.8, 4) is 17.1 Å². The van der Waals surface area contributed by atoms with Crippen LogP contribution < -0.4 is 10.1 Å². The Morgan fingerprint density at radius 1 is 1.08 bits per heavy atom. The van der Waals surface area contributed by atoms with Crippen LogP contribution in [0.1, 0.15) is 11.3 Å². The van der Waals surface area contributed by atoms with Crippen LogP contribution in [0.4, 0.5) is 10.8 Å². The first-order valence-corrected chi connectivity index (χ1v) is 8.85. The normalized spacial score (nSPS) is 11.0. The molecule has 6 heteroatoms. The fraction of sp³-hybridized carbons (Fsp3) is 0.158. The van der Waals surface area contributed by atoms with Crippen LogP contribution in [0, 0.1) is 13.8 Å². The van der Waals surface area contributed by atoms with Gasteiger partial charge in [-0.25, -0.2) is 9.97 Å². The summed E-state index contributed by atoms with van der Waals surface area (Å²) in [6.07, 6.45) is 2.04. The van der Waals surface area contributed by atoms with Crippen LogP contribution in [-0.4, -0.2) is 21.5 Å². The molecule has 5 nitrogen and oxygen atoms in total. The minimum absolute atomic E-state index is 0.835. The molecular formula is C19H18N4OS. The maximum atomic E-state index is 5.19. The fourth-order valence-corrected chi connectivity index (χ4v) is 3.58. The van der Waals surface area contributed by atoms with Crippen LogP contribution in [0.3, 0.4) is 0 Å². The molecule has 0 fully saturated rings. The van der Waals surface area contributed by atoms with Crippen molar-refractivity contribution in [3.63, 3.8) is 0 Å². The Hall–Kier alpha value is -2.86. The predicted octanol–water partition coefficient (Wildman–Crippen LogP) is 4.83. The highest BCUT2D eigenvalue weighted by atomic mass is 32.1. The van der Waals surface area contributed by atoms with E-state index in [1.54, 1.807) is 18.4 Å². The van der Waals surface area contributed by atoms with E-state index in [0.29, 0.717) is 0 Å². The summed E-state index contributed by atoms with van der Waals surface area (Å²) >= 11 is 1.58. The van der Waals surface area contributed by atoms with E-state index in [2.05, 4.69) is 28.1 Å². The summed E-state index contributed by atoms with van der Waals surface area (Å²) in [7, 11) is 1.66. The van der Waals surface area contributed by atoms with E-state index in [4.69, 9.17) is 14.7 Å². The molecule has 4 rings (SSSR count). The molecule has 0 saturated heterocycles. The molecule has 0 atom stereocenters. The highest BCUT2D eigenvalue weighted by molar-refractivity contribution is 7.14. The lowest BCUT2D eigenvalue weighted by atomic mass is 10.2. The van der Waals surface area contributed by atoms with Gasteiger partial charge in [0, 0.05) is 17.3 Å². The lowest BCUT2D eigenvalue weighted by molar-refractivity contribution is 0.415. The first kappa shape index (κ1) is 15.7. The summed E-state index contributed by atoms with van der Waals surface area (Å²) < 4.78 is 7.29. The molecule has 1 N–H and O–H groups in total. The van der Waals surface area contributed by atoms with E-state index < -0.39 is 0 Å². The Morgan fingerprint density at radius 2 is 1.88 bits per heavy atom. The van der Waals surface area contributed by atoms with E-state index in [-0.39, 0.29) is 0 Å². The molecule has 0 saturated carbocycles. The molecule has 0 unspecified atom stereocenters. The number of thiazole rings is 1. The third-order valence-corrected chi connectivity index (χ3v) is 4.87. The molecule has 0 amide bonds. The van der Waals surface area contributed by atoms with Gasteiger partial charge >= 0.3 is 0 Å². The summed E-state index contributed by atoms with van der Waals surface area (Å²) in [4.78, 5) is 9.44. The number of hydrogen-bond acceptors (Lipinski definition) is 5. The van der Waals surface area contributed by atoms with Crippen molar-refractivity contribution in [2.45, 2.75) is 13.8 Å². The van der Waals surface area contributed by atoms with E-state index >= 15 is 0 Å². The lowest BCUT2D eigenvalue weighted by Gasteiger charge is -2.04. The number of benzene rings is 1. The van der Waals surface area contributed by atoms with Crippen LogP contribution in [-0.2, 0) is 0 Å².